The number of allylic oxidation sites excluding steroid dienone is 1. The Morgan fingerprint density at radius 3 is 2.93 bits per heavy atom. The Hall–Kier alpha value is -2.91. The van der Waals surface area contributed by atoms with E-state index in [0.717, 1.165) is 11.3 Å². The monoisotopic (exact) mass is 440 g/mol. The van der Waals surface area contributed by atoms with Gasteiger partial charge in [-0.25, -0.2) is 4.98 Å². The van der Waals surface area contributed by atoms with Crippen molar-refractivity contribution in [1.29, 1.82) is 0 Å². The largest absolute Gasteiger partial charge is 0.323 e. The third-order valence-electron chi connectivity index (χ3n) is 4.72. The Morgan fingerprint density at radius 1 is 1.37 bits per heavy atom. The molecule has 154 valence electrons. The first-order chi connectivity index (χ1) is 14.5. The van der Waals surface area contributed by atoms with Crippen LogP contribution in [0.15, 0.2) is 52.9 Å². The van der Waals surface area contributed by atoms with E-state index in [-0.39, 0.29) is 29.7 Å². The molecule has 7 nitrogen and oxygen atoms in total. The molecule has 0 radical (unpaired) electrons. The van der Waals surface area contributed by atoms with E-state index in [1.54, 1.807) is 24.3 Å². The molecule has 0 bridgehead atoms. The van der Waals surface area contributed by atoms with Gasteiger partial charge in [0.05, 0.1) is 22.5 Å². The SMILES string of the molecule is C=CCn1c(SCC(=O)N2CC(=O)Nc3ccccc32)nc2sc(CC)cc2c1=O. The van der Waals surface area contributed by atoms with Crippen molar-refractivity contribution in [3.63, 3.8) is 0 Å². The molecule has 30 heavy (non-hydrogen) atoms. The summed E-state index contributed by atoms with van der Waals surface area (Å²) in [5, 5.41) is 3.84. The fourth-order valence-corrected chi connectivity index (χ4v) is 5.17. The summed E-state index contributed by atoms with van der Waals surface area (Å²) in [6, 6.07) is 9.08. The van der Waals surface area contributed by atoms with E-state index in [1.807, 2.05) is 19.1 Å². The van der Waals surface area contributed by atoms with Gasteiger partial charge in [-0.15, -0.1) is 17.9 Å². The van der Waals surface area contributed by atoms with Gasteiger partial charge in [-0.1, -0.05) is 36.9 Å². The van der Waals surface area contributed by atoms with Crippen molar-refractivity contribution in [2.24, 2.45) is 0 Å². The summed E-state index contributed by atoms with van der Waals surface area (Å²) in [7, 11) is 0. The fourth-order valence-electron chi connectivity index (χ4n) is 3.28. The lowest BCUT2D eigenvalue weighted by Gasteiger charge is -2.29. The third kappa shape index (κ3) is 3.78. The maximum atomic E-state index is 12.9. The van der Waals surface area contributed by atoms with Crippen LogP contribution in [0.5, 0.6) is 0 Å². The molecule has 1 N–H and O–H groups in total. The van der Waals surface area contributed by atoms with Crippen molar-refractivity contribution in [3.05, 3.63) is 58.2 Å². The first-order valence-corrected chi connectivity index (χ1v) is 11.3. The zero-order valence-electron chi connectivity index (χ0n) is 16.4. The Balaban J connectivity index is 1.62. The summed E-state index contributed by atoms with van der Waals surface area (Å²) < 4.78 is 1.54. The number of fused-ring (bicyclic) bond motifs is 2. The minimum absolute atomic E-state index is 0.0346. The number of nitrogens with one attached hydrogen (secondary N) is 1. The molecule has 0 unspecified atom stereocenters. The molecule has 9 heteroatoms. The van der Waals surface area contributed by atoms with Gasteiger partial charge in [0.2, 0.25) is 11.8 Å². The summed E-state index contributed by atoms with van der Waals surface area (Å²) in [4.78, 5) is 45.8. The van der Waals surface area contributed by atoms with Gasteiger partial charge in [-0.05, 0) is 24.6 Å². The van der Waals surface area contributed by atoms with Crippen molar-refractivity contribution >= 4 is 56.5 Å². The van der Waals surface area contributed by atoms with Gasteiger partial charge in [0, 0.05) is 11.4 Å². The zero-order valence-corrected chi connectivity index (χ0v) is 18.0. The highest BCUT2D eigenvalue weighted by molar-refractivity contribution is 7.99. The number of amides is 2. The lowest BCUT2D eigenvalue weighted by atomic mass is 10.2. The van der Waals surface area contributed by atoms with Crippen molar-refractivity contribution < 1.29 is 9.59 Å². The van der Waals surface area contributed by atoms with Gasteiger partial charge in [-0.3, -0.25) is 19.0 Å². The Morgan fingerprint density at radius 2 is 2.17 bits per heavy atom. The lowest BCUT2D eigenvalue weighted by molar-refractivity contribution is -0.120. The maximum Gasteiger partial charge on any atom is 0.263 e. The van der Waals surface area contributed by atoms with Crippen LogP contribution >= 0.6 is 23.1 Å². The molecule has 1 aromatic carbocycles. The van der Waals surface area contributed by atoms with Gasteiger partial charge in [0.1, 0.15) is 11.4 Å². The number of hydrogen-bond donors (Lipinski definition) is 1. The van der Waals surface area contributed by atoms with E-state index in [1.165, 1.54) is 32.6 Å². The average molecular weight is 441 g/mol. The normalized spacial score (nSPS) is 13.2. The second-order valence-corrected chi connectivity index (χ2v) is 8.78. The molecule has 2 amide bonds. The van der Waals surface area contributed by atoms with Gasteiger partial charge >= 0.3 is 0 Å². The minimum Gasteiger partial charge on any atom is -0.323 e. The fraction of sp³-hybridized carbons (Fsp3) is 0.238. The summed E-state index contributed by atoms with van der Waals surface area (Å²) >= 11 is 2.69. The molecule has 0 aliphatic carbocycles. The van der Waals surface area contributed by atoms with Gasteiger partial charge < -0.3 is 10.2 Å². The van der Waals surface area contributed by atoms with Crippen molar-refractivity contribution in [1.82, 2.24) is 9.55 Å². The first kappa shape index (κ1) is 20.4. The predicted molar refractivity (Wildman–Crippen MR) is 122 cm³/mol. The van der Waals surface area contributed by atoms with Crippen LogP contribution in [-0.2, 0) is 22.6 Å². The second kappa shape index (κ2) is 8.45. The molecule has 0 spiro atoms. The number of thiophene rings is 1. The number of anilines is 2. The van der Waals surface area contributed by atoms with E-state index in [2.05, 4.69) is 16.9 Å². The number of thioether (sulfide) groups is 1. The average Bonchev–Trinajstić information content (AvgIpc) is 3.17. The van der Waals surface area contributed by atoms with Gasteiger partial charge in [0.25, 0.3) is 5.56 Å². The Labute approximate surface area is 181 Å². The van der Waals surface area contributed by atoms with Crippen molar-refractivity contribution in [2.75, 3.05) is 22.5 Å². The number of hydrogen-bond acceptors (Lipinski definition) is 6. The number of nitrogens with zero attached hydrogens (tertiary/aromatic N) is 3. The molecule has 4 rings (SSSR count). The van der Waals surface area contributed by atoms with E-state index < -0.39 is 0 Å². The molecule has 3 heterocycles. The molecule has 3 aromatic rings. The third-order valence-corrected chi connectivity index (χ3v) is 6.86. The number of benzene rings is 1. The summed E-state index contributed by atoms with van der Waals surface area (Å²) in [5.74, 6) is -0.397. The molecule has 0 saturated heterocycles. The van der Waals surface area contributed by atoms with E-state index in [4.69, 9.17) is 0 Å². The Bertz CT molecular complexity index is 1210. The molecule has 1 aliphatic rings. The molecule has 2 aromatic heterocycles. The quantitative estimate of drug-likeness (QED) is 0.361. The Kier molecular flexibility index (Phi) is 5.74. The number of aromatic nitrogens is 2. The van der Waals surface area contributed by atoms with Gasteiger partial charge in [0.15, 0.2) is 5.16 Å². The van der Waals surface area contributed by atoms with Crippen LogP contribution in [0.2, 0.25) is 0 Å². The summed E-state index contributed by atoms with van der Waals surface area (Å²) in [6.07, 6.45) is 2.47. The minimum atomic E-state index is -0.235. The van der Waals surface area contributed by atoms with Crippen LogP contribution in [0.3, 0.4) is 0 Å². The van der Waals surface area contributed by atoms with Crippen LogP contribution in [0.25, 0.3) is 10.2 Å². The number of carbonyl (C=O) groups is 2. The first-order valence-electron chi connectivity index (χ1n) is 9.48. The lowest BCUT2D eigenvalue weighted by Crippen LogP contribution is -2.43. The zero-order chi connectivity index (χ0) is 21.3. The smallest absolute Gasteiger partial charge is 0.263 e. The van der Waals surface area contributed by atoms with Crippen LogP contribution in [0.1, 0.15) is 11.8 Å². The van der Waals surface area contributed by atoms with Crippen molar-refractivity contribution in [3.8, 4) is 0 Å². The predicted octanol–water partition coefficient (Wildman–Crippen LogP) is 3.28. The summed E-state index contributed by atoms with van der Waals surface area (Å²) in [5.41, 5.74) is 1.15. The molecular formula is C21H20N4O3S2. The molecular weight excluding hydrogens is 420 g/mol. The van der Waals surface area contributed by atoms with E-state index in [9.17, 15) is 14.4 Å². The van der Waals surface area contributed by atoms with Crippen LogP contribution < -0.4 is 15.8 Å². The number of carbonyl (C=O) groups excluding carboxylic acids is 2. The van der Waals surface area contributed by atoms with Gasteiger partial charge in [-0.2, -0.15) is 0 Å². The molecule has 0 saturated carbocycles. The second-order valence-electron chi connectivity index (χ2n) is 6.72. The maximum absolute atomic E-state index is 12.9. The topological polar surface area (TPSA) is 84.3 Å². The molecule has 1 aliphatic heterocycles. The number of aryl methyl sites for hydroxylation is 1. The molecule has 0 atom stereocenters. The van der Waals surface area contributed by atoms with Crippen LogP contribution in [-0.4, -0.2) is 33.7 Å². The van der Waals surface area contributed by atoms with Crippen LogP contribution in [0, 0.1) is 0 Å². The van der Waals surface area contributed by atoms with E-state index in [0.29, 0.717) is 33.3 Å². The van der Waals surface area contributed by atoms with Crippen LogP contribution in [0.4, 0.5) is 11.4 Å². The standard InChI is InChI=1S/C21H20N4O3S2/c1-3-9-24-20(28)14-10-13(4-2)30-19(14)23-21(24)29-12-18(27)25-11-17(26)22-15-7-5-6-8-16(15)25/h3,5-8,10H,1,4,9,11-12H2,2H3,(H,22,26). The number of rotatable bonds is 6. The molecule has 0 fully saturated rings. The summed E-state index contributed by atoms with van der Waals surface area (Å²) in [6.45, 7) is 6.04. The number of para-hydroxylation sites is 2. The highest BCUT2D eigenvalue weighted by Gasteiger charge is 2.27. The highest BCUT2D eigenvalue weighted by atomic mass is 32.2. The van der Waals surface area contributed by atoms with Crippen molar-refractivity contribution in [2.45, 2.75) is 25.0 Å². The van der Waals surface area contributed by atoms with E-state index >= 15 is 0 Å². The highest BCUT2D eigenvalue weighted by Crippen LogP contribution is 2.30.